The van der Waals surface area contributed by atoms with Crippen LogP contribution in [0.2, 0.25) is 0 Å². The molecular formula is C37H48IN5O. The number of aromatic nitrogens is 1. The highest BCUT2D eigenvalue weighted by atomic mass is 127. The fourth-order valence-corrected chi connectivity index (χ4v) is 6.05. The molecule has 7 heteroatoms. The first-order valence-electron chi connectivity index (χ1n) is 15.8. The molecule has 0 aliphatic carbocycles. The number of hydrogen-bond acceptors (Lipinski definition) is 4. The maximum Gasteiger partial charge on any atom is 0.254 e. The number of rotatable bonds is 4. The fourth-order valence-electron chi connectivity index (χ4n) is 6.05. The quantitative estimate of drug-likeness (QED) is 0.159. The fraction of sp³-hybridized carbons (Fsp3) is 0.405. The molecule has 44 heavy (non-hydrogen) atoms. The van der Waals surface area contributed by atoms with Crippen molar-refractivity contribution in [3.8, 4) is 6.07 Å². The minimum Gasteiger partial charge on any atom is -0.367 e. The van der Waals surface area contributed by atoms with Gasteiger partial charge >= 0.3 is 0 Å². The predicted molar refractivity (Wildman–Crippen MR) is 194 cm³/mol. The van der Waals surface area contributed by atoms with Crippen LogP contribution >= 0.6 is 22.6 Å². The highest BCUT2D eigenvalue weighted by molar-refractivity contribution is 14.1. The number of benzene rings is 3. The van der Waals surface area contributed by atoms with Gasteiger partial charge in [-0.1, -0.05) is 86.7 Å². The molecule has 0 saturated carbocycles. The molecule has 0 radical (unpaired) electrons. The topological polar surface area (TPSA) is 55.5 Å². The third-order valence-electron chi connectivity index (χ3n) is 8.16. The number of carbonyl (C=O) groups is 1. The van der Waals surface area contributed by atoms with Crippen LogP contribution in [0.3, 0.4) is 0 Å². The van der Waals surface area contributed by atoms with Crippen molar-refractivity contribution in [2.75, 3.05) is 42.6 Å². The molecule has 234 valence electrons. The second-order valence-electron chi connectivity index (χ2n) is 10.6. The van der Waals surface area contributed by atoms with E-state index in [1.54, 1.807) is 0 Å². The summed E-state index contributed by atoms with van der Waals surface area (Å²) in [5, 5.41) is 10.8. The van der Waals surface area contributed by atoms with Crippen LogP contribution in [-0.4, -0.2) is 57.9 Å². The Labute approximate surface area is 278 Å². The van der Waals surface area contributed by atoms with Crippen molar-refractivity contribution >= 4 is 45.1 Å². The number of carbonyl (C=O) groups excluding carboxylic acids is 1. The van der Waals surface area contributed by atoms with Gasteiger partial charge in [0.25, 0.3) is 5.91 Å². The number of amides is 1. The highest BCUT2D eigenvalue weighted by Crippen LogP contribution is 2.27. The van der Waals surface area contributed by atoms with Gasteiger partial charge < -0.3 is 14.4 Å². The van der Waals surface area contributed by atoms with E-state index in [0.717, 1.165) is 56.1 Å². The van der Waals surface area contributed by atoms with Crippen LogP contribution in [0, 0.1) is 25.2 Å². The molecule has 0 spiro atoms. The Bertz CT molecular complexity index is 1560. The number of para-hydroxylation sites is 2. The first kappa shape index (κ1) is 35.1. The van der Waals surface area contributed by atoms with Crippen molar-refractivity contribution in [2.45, 2.75) is 61.2 Å². The van der Waals surface area contributed by atoms with Crippen molar-refractivity contribution < 1.29 is 4.79 Å². The number of aryl methyl sites for hydroxylation is 2. The van der Waals surface area contributed by atoms with E-state index < -0.39 is 0 Å². The summed E-state index contributed by atoms with van der Waals surface area (Å²) < 4.78 is 2.44. The van der Waals surface area contributed by atoms with E-state index in [1.165, 1.54) is 27.7 Å². The molecule has 1 amide bonds. The Morgan fingerprint density at radius 3 is 2.18 bits per heavy atom. The van der Waals surface area contributed by atoms with Crippen LogP contribution in [-0.2, 0) is 19.6 Å². The molecule has 1 saturated heterocycles. The minimum atomic E-state index is 0.107. The zero-order chi connectivity index (χ0) is 32.2. The summed E-state index contributed by atoms with van der Waals surface area (Å²) in [5.41, 5.74) is 8.62. The van der Waals surface area contributed by atoms with Gasteiger partial charge in [0.05, 0.1) is 11.3 Å². The predicted octanol–water partition coefficient (Wildman–Crippen LogP) is 8.21. The van der Waals surface area contributed by atoms with Gasteiger partial charge in [0.15, 0.2) is 0 Å². The Morgan fingerprint density at radius 2 is 1.48 bits per heavy atom. The largest absolute Gasteiger partial charge is 0.367 e. The molecular weight excluding hydrogens is 657 g/mol. The molecule has 6 rings (SSSR count). The van der Waals surface area contributed by atoms with Crippen LogP contribution in [0.4, 0.5) is 5.69 Å². The van der Waals surface area contributed by atoms with Crippen molar-refractivity contribution in [1.29, 1.82) is 5.26 Å². The summed E-state index contributed by atoms with van der Waals surface area (Å²) in [5.74, 6) is 0.107. The van der Waals surface area contributed by atoms with Crippen molar-refractivity contribution in [3.05, 3.63) is 100 Å². The van der Waals surface area contributed by atoms with Gasteiger partial charge in [0.2, 0.25) is 0 Å². The lowest BCUT2D eigenvalue weighted by Crippen LogP contribution is -2.49. The van der Waals surface area contributed by atoms with Gasteiger partial charge in [0, 0.05) is 69.1 Å². The summed E-state index contributed by atoms with van der Waals surface area (Å²) >= 11 is 2.15. The Balaban J connectivity index is 0.000000832. The number of fused-ring (bicyclic) bond motifs is 3. The third kappa shape index (κ3) is 7.83. The number of anilines is 1. The van der Waals surface area contributed by atoms with E-state index in [-0.39, 0.29) is 5.91 Å². The minimum absolute atomic E-state index is 0.107. The molecule has 2 aliphatic heterocycles. The number of nitrogens with zero attached hydrogens (tertiary/aromatic N) is 5. The molecule has 3 heterocycles. The zero-order valence-electron chi connectivity index (χ0n) is 27.5. The number of nitriles is 1. The van der Waals surface area contributed by atoms with Crippen LogP contribution in [0.15, 0.2) is 66.7 Å². The first-order chi connectivity index (χ1) is 21.5. The second kappa shape index (κ2) is 17.2. The molecule has 4 aromatic rings. The number of hydrogen-bond donors (Lipinski definition) is 0. The van der Waals surface area contributed by atoms with Gasteiger partial charge in [-0.05, 0) is 71.2 Å². The highest BCUT2D eigenvalue weighted by Gasteiger charge is 2.26. The van der Waals surface area contributed by atoms with Gasteiger partial charge in [-0.3, -0.25) is 9.69 Å². The van der Waals surface area contributed by atoms with Gasteiger partial charge in [-0.2, -0.15) is 5.26 Å². The second-order valence-corrected chi connectivity index (χ2v) is 10.6. The van der Waals surface area contributed by atoms with Gasteiger partial charge in [-0.25, -0.2) is 0 Å². The molecule has 1 fully saturated rings. The van der Waals surface area contributed by atoms with Crippen LogP contribution in [0.1, 0.15) is 66.0 Å². The SMILES string of the molecule is CC.CC.CI.Cc1cc(C)c(C(=O)N2CCN(c3ccccc3C#N)CC2)cc1CN1CCn2c(cc3ccccc32)C1. The van der Waals surface area contributed by atoms with Crippen molar-refractivity contribution in [1.82, 2.24) is 14.4 Å². The summed E-state index contributed by atoms with van der Waals surface area (Å²) in [7, 11) is 0. The van der Waals surface area contributed by atoms with Crippen molar-refractivity contribution in [3.63, 3.8) is 0 Å². The summed E-state index contributed by atoms with van der Waals surface area (Å²) in [4.78, 5) is 22.3. The molecule has 0 atom stereocenters. The molecule has 2 aliphatic rings. The lowest BCUT2D eigenvalue weighted by molar-refractivity contribution is 0.0745. The lowest BCUT2D eigenvalue weighted by atomic mass is 9.98. The van der Waals surface area contributed by atoms with E-state index in [9.17, 15) is 10.1 Å². The molecule has 3 aromatic carbocycles. The van der Waals surface area contributed by atoms with E-state index in [0.29, 0.717) is 18.7 Å². The summed E-state index contributed by atoms with van der Waals surface area (Å²) in [6.45, 7) is 18.7. The summed E-state index contributed by atoms with van der Waals surface area (Å²) in [6.07, 6.45) is 0. The monoisotopic (exact) mass is 705 g/mol. The Hall–Kier alpha value is -3.35. The normalized spacial score (nSPS) is 14.2. The molecule has 0 bridgehead atoms. The van der Waals surface area contributed by atoms with Crippen LogP contribution in [0.25, 0.3) is 10.9 Å². The zero-order valence-corrected chi connectivity index (χ0v) is 29.7. The molecule has 1 aromatic heterocycles. The van der Waals surface area contributed by atoms with Gasteiger partial charge in [-0.15, -0.1) is 0 Å². The summed E-state index contributed by atoms with van der Waals surface area (Å²) in [6, 6.07) is 25.2. The molecule has 0 unspecified atom stereocenters. The van der Waals surface area contributed by atoms with E-state index in [2.05, 4.69) is 92.4 Å². The first-order valence-corrected chi connectivity index (χ1v) is 18.0. The molecule has 6 nitrogen and oxygen atoms in total. The maximum absolute atomic E-state index is 13.6. The van der Waals surface area contributed by atoms with Crippen LogP contribution in [0.5, 0.6) is 0 Å². The number of piperazine rings is 1. The Morgan fingerprint density at radius 1 is 0.818 bits per heavy atom. The van der Waals surface area contributed by atoms with Gasteiger partial charge in [0.1, 0.15) is 6.07 Å². The lowest BCUT2D eigenvalue weighted by Gasteiger charge is -2.36. The smallest absolute Gasteiger partial charge is 0.254 e. The van der Waals surface area contributed by atoms with E-state index >= 15 is 0 Å². The Kier molecular flexibility index (Phi) is 13.7. The van der Waals surface area contributed by atoms with E-state index in [4.69, 9.17) is 0 Å². The third-order valence-corrected chi connectivity index (χ3v) is 8.16. The number of alkyl halides is 1. The standard InChI is InChI=1S/C32H33N5O.2C2H6.CH3I/c1-23-17-24(2)29(32(38)36-14-12-35(13-15-36)30-9-5-4-8-26(30)20-33)19-27(23)21-34-11-16-37-28(22-34)18-25-7-3-6-10-31(25)37;3*1-2/h3-10,17-19H,11-16,21-22H2,1-2H3;2*1-2H3;1H3. The van der Waals surface area contributed by atoms with E-state index in [1.807, 2.05) is 68.7 Å². The average molecular weight is 706 g/mol. The maximum atomic E-state index is 13.6. The average Bonchev–Trinajstić information content (AvgIpc) is 3.46. The molecule has 0 N–H and O–H groups in total. The van der Waals surface area contributed by atoms with Crippen LogP contribution < -0.4 is 4.90 Å². The van der Waals surface area contributed by atoms with Crippen molar-refractivity contribution in [2.24, 2.45) is 0 Å². The number of halogens is 1.